The van der Waals surface area contributed by atoms with Gasteiger partial charge in [0.05, 0.1) is 14.2 Å². The first-order valence-corrected chi connectivity index (χ1v) is 5.85. The Morgan fingerprint density at radius 3 is 2.35 bits per heavy atom. The minimum Gasteiger partial charge on any atom is -0.504 e. The third kappa shape index (κ3) is 1.93. The number of rotatable bonds is 3. The fourth-order valence-electron chi connectivity index (χ4n) is 2.59. The molecule has 1 fully saturated rings. The SMILES string of the molecule is COc1ccc(C2(N)CCCC2)c(O)c1OC. The lowest BCUT2D eigenvalue weighted by Crippen LogP contribution is -2.33. The van der Waals surface area contributed by atoms with Crippen LogP contribution in [0.5, 0.6) is 17.2 Å². The standard InChI is InChI=1S/C13H19NO3/c1-16-10-6-5-9(11(15)12(10)17-2)13(14)7-3-4-8-13/h5-6,15H,3-4,7-8,14H2,1-2H3. The lowest BCUT2D eigenvalue weighted by atomic mass is 9.88. The number of phenolic OH excluding ortho intramolecular Hbond substituents is 1. The topological polar surface area (TPSA) is 64.7 Å². The van der Waals surface area contributed by atoms with Crippen molar-refractivity contribution in [2.45, 2.75) is 31.2 Å². The van der Waals surface area contributed by atoms with Gasteiger partial charge in [-0.05, 0) is 25.0 Å². The van der Waals surface area contributed by atoms with Crippen molar-refractivity contribution in [1.82, 2.24) is 0 Å². The summed E-state index contributed by atoms with van der Waals surface area (Å²) in [5.41, 5.74) is 6.67. The molecule has 17 heavy (non-hydrogen) atoms. The van der Waals surface area contributed by atoms with Gasteiger partial charge in [0.1, 0.15) is 0 Å². The summed E-state index contributed by atoms with van der Waals surface area (Å²) in [5.74, 6) is 0.994. The maximum atomic E-state index is 10.2. The molecule has 4 heteroatoms. The van der Waals surface area contributed by atoms with E-state index in [-0.39, 0.29) is 5.75 Å². The van der Waals surface area contributed by atoms with Crippen LogP contribution in [-0.4, -0.2) is 19.3 Å². The van der Waals surface area contributed by atoms with E-state index in [2.05, 4.69) is 0 Å². The van der Waals surface area contributed by atoms with E-state index in [1.807, 2.05) is 6.07 Å². The molecule has 4 nitrogen and oxygen atoms in total. The molecular formula is C13H19NO3. The molecule has 0 aromatic heterocycles. The molecule has 1 saturated carbocycles. The molecule has 0 spiro atoms. The monoisotopic (exact) mass is 237 g/mol. The summed E-state index contributed by atoms with van der Waals surface area (Å²) in [6, 6.07) is 3.63. The first-order chi connectivity index (χ1) is 8.12. The van der Waals surface area contributed by atoms with Crippen LogP contribution in [0.2, 0.25) is 0 Å². The van der Waals surface area contributed by atoms with E-state index in [0.29, 0.717) is 11.5 Å². The molecule has 0 saturated heterocycles. The van der Waals surface area contributed by atoms with Gasteiger partial charge in [-0.3, -0.25) is 0 Å². The van der Waals surface area contributed by atoms with Gasteiger partial charge in [-0.1, -0.05) is 12.8 Å². The van der Waals surface area contributed by atoms with E-state index in [1.54, 1.807) is 13.2 Å². The number of nitrogens with two attached hydrogens (primary N) is 1. The van der Waals surface area contributed by atoms with Crippen LogP contribution >= 0.6 is 0 Å². The normalized spacial score (nSPS) is 18.1. The van der Waals surface area contributed by atoms with Gasteiger partial charge in [0.25, 0.3) is 0 Å². The Bertz CT molecular complexity index is 411. The summed E-state index contributed by atoms with van der Waals surface area (Å²) in [5, 5.41) is 10.2. The van der Waals surface area contributed by atoms with Crippen LogP contribution in [0.3, 0.4) is 0 Å². The Kier molecular flexibility index (Phi) is 3.15. The molecule has 1 aromatic rings. The molecule has 0 atom stereocenters. The predicted octanol–water partition coefficient (Wildman–Crippen LogP) is 2.14. The minimum absolute atomic E-state index is 0.108. The lowest BCUT2D eigenvalue weighted by Gasteiger charge is -2.26. The second kappa shape index (κ2) is 4.45. The van der Waals surface area contributed by atoms with Crippen LogP contribution in [0.15, 0.2) is 12.1 Å². The Morgan fingerprint density at radius 2 is 1.82 bits per heavy atom. The van der Waals surface area contributed by atoms with E-state index in [4.69, 9.17) is 15.2 Å². The highest BCUT2D eigenvalue weighted by Crippen LogP contribution is 2.46. The van der Waals surface area contributed by atoms with Crippen LogP contribution in [0.25, 0.3) is 0 Å². The van der Waals surface area contributed by atoms with Gasteiger partial charge in [0, 0.05) is 11.1 Å². The van der Waals surface area contributed by atoms with Gasteiger partial charge >= 0.3 is 0 Å². The minimum atomic E-state index is -0.427. The van der Waals surface area contributed by atoms with E-state index in [1.165, 1.54) is 7.11 Å². The second-order valence-electron chi connectivity index (χ2n) is 4.56. The highest BCUT2D eigenvalue weighted by Gasteiger charge is 2.35. The zero-order chi connectivity index (χ0) is 12.5. The quantitative estimate of drug-likeness (QED) is 0.845. The molecule has 0 amide bonds. The maximum Gasteiger partial charge on any atom is 0.203 e. The second-order valence-corrected chi connectivity index (χ2v) is 4.56. The van der Waals surface area contributed by atoms with Crippen LogP contribution in [0.1, 0.15) is 31.2 Å². The fourth-order valence-corrected chi connectivity index (χ4v) is 2.59. The highest BCUT2D eigenvalue weighted by molar-refractivity contribution is 5.57. The molecular weight excluding hydrogens is 218 g/mol. The Hall–Kier alpha value is -1.42. The average molecular weight is 237 g/mol. The van der Waals surface area contributed by atoms with E-state index in [9.17, 15) is 5.11 Å². The van der Waals surface area contributed by atoms with E-state index in [0.717, 1.165) is 31.2 Å². The Morgan fingerprint density at radius 1 is 1.18 bits per heavy atom. The Labute approximate surface area is 101 Å². The zero-order valence-electron chi connectivity index (χ0n) is 10.3. The third-order valence-corrected chi connectivity index (χ3v) is 3.55. The van der Waals surface area contributed by atoms with Gasteiger partial charge in [0.2, 0.25) is 5.75 Å². The molecule has 1 aliphatic carbocycles. The fraction of sp³-hybridized carbons (Fsp3) is 0.538. The molecule has 0 radical (unpaired) electrons. The number of aromatic hydroxyl groups is 1. The maximum absolute atomic E-state index is 10.2. The summed E-state index contributed by atoms with van der Waals surface area (Å²) in [6.45, 7) is 0. The van der Waals surface area contributed by atoms with Gasteiger partial charge in [-0.15, -0.1) is 0 Å². The molecule has 1 aromatic carbocycles. The van der Waals surface area contributed by atoms with E-state index < -0.39 is 5.54 Å². The van der Waals surface area contributed by atoms with Crippen molar-refractivity contribution < 1.29 is 14.6 Å². The molecule has 0 bridgehead atoms. The summed E-state index contributed by atoms with van der Waals surface area (Å²) >= 11 is 0. The van der Waals surface area contributed by atoms with Gasteiger partial charge in [-0.2, -0.15) is 0 Å². The van der Waals surface area contributed by atoms with Crippen molar-refractivity contribution in [3.63, 3.8) is 0 Å². The first-order valence-electron chi connectivity index (χ1n) is 5.85. The van der Waals surface area contributed by atoms with Crippen LogP contribution in [-0.2, 0) is 5.54 Å². The largest absolute Gasteiger partial charge is 0.504 e. The summed E-state index contributed by atoms with van der Waals surface area (Å²) in [6.07, 6.45) is 4.00. The van der Waals surface area contributed by atoms with Crippen molar-refractivity contribution >= 4 is 0 Å². The van der Waals surface area contributed by atoms with Crippen molar-refractivity contribution in [2.24, 2.45) is 5.73 Å². The molecule has 1 aliphatic rings. The van der Waals surface area contributed by atoms with Crippen LogP contribution < -0.4 is 15.2 Å². The number of hydrogen-bond donors (Lipinski definition) is 2. The van der Waals surface area contributed by atoms with Crippen LogP contribution in [0, 0.1) is 0 Å². The van der Waals surface area contributed by atoms with Gasteiger partial charge in [0.15, 0.2) is 11.5 Å². The smallest absolute Gasteiger partial charge is 0.203 e. The van der Waals surface area contributed by atoms with Crippen molar-refractivity contribution in [3.8, 4) is 17.2 Å². The number of methoxy groups -OCH3 is 2. The molecule has 0 unspecified atom stereocenters. The van der Waals surface area contributed by atoms with Gasteiger partial charge < -0.3 is 20.3 Å². The van der Waals surface area contributed by atoms with Crippen molar-refractivity contribution in [1.29, 1.82) is 0 Å². The molecule has 2 rings (SSSR count). The van der Waals surface area contributed by atoms with E-state index >= 15 is 0 Å². The molecule has 0 aliphatic heterocycles. The average Bonchev–Trinajstić information content (AvgIpc) is 2.76. The number of phenols is 1. The summed E-state index contributed by atoms with van der Waals surface area (Å²) < 4.78 is 10.3. The van der Waals surface area contributed by atoms with Crippen molar-refractivity contribution in [2.75, 3.05) is 14.2 Å². The highest BCUT2D eigenvalue weighted by atomic mass is 16.5. The number of hydrogen-bond acceptors (Lipinski definition) is 4. The Balaban J connectivity index is 2.49. The molecule has 3 N–H and O–H groups in total. The predicted molar refractivity (Wildman–Crippen MR) is 65.5 cm³/mol. The van der Waals surface area contributed by atoms with Gasteiger partial charge in [-0.25, -0.2) is 0 Å². The zero-order valence-corrected chi connectivity index (χ0v) is 10.3. The summed E-state index contributed by atoms with van der Waals surface area (Å²) in [7, 11) is 3.06. The van der Waals surface area contributed by atoms with Crippen molar-refractivity contribution in [3.05, 3.63) is 17.7 Å². The number of ether oxygens (including phenoxy) is 2. The first kappa shape index (κ1) is 12.0. The third-order valence-electron chi connectivity index (χ3n) is 3.55. The molecule has 0 heterocycles. The lowest BCUT2D eigenvalue weighted by molar-refractivity contribution is 0.323. The van der Waals surface area contributed by atoms with Crippen LogP contribution in [0.4, 0.5) is 0 Å². The molecule has 94 valence electrons. The summed E-state index contributed by atoms with van der Waals surface area (Å²) in [4.78, 5) is 0. The number of benzene rings is 1.